The van der Waals surface area contributed by atoms with Crippen LogP contribution in [-0.2, 0) is 0 Å². The fourth-order valence-corrected chi connectivity index (χ4v) is 2.40. The molecule has 0 aliphatic carbocycles. The maximum Gasteiger partial charge on any atom is 0.321 e. The van der Waals surface area contributed by atoms with Gasteiger partial charge in [0.25, 0.3) is 0 Å². The van der Waals surface area contributed by atoms with Crippen LogP contribution in [0.4, 0.5) is 10.5 Å². The number of nitrogens with one attached hydrogen (secondary N) is 1. The Kier molecular flexibility index (Phi) is 6.14. The van der Waals surface area contributed by atoms with Gasteiger partial charge < -0.3 is 19.7 Å². The SMILES string of the molecule is Cc1nnc(-c2ccc(NC(=O)N(CCCO)CC(C)(C)C)cc2)o1. The van der Waals surface area contributed by atoms with Gasteiger partial charge in [-0.05, 0) is 36.1 Å². The highest BCUT2D eigenvalue weighted by Crippen LogP contribution is 2.21. The lowest BCUT2D eigenvalue weighted by molar-refractivity contribution is 0.176. The fraction of sp³-hybridized carbons (Fsp3) is 0.500. The average molecular weight is 346 g/mol. The molecule has 0 saturated heterocycles. The zero-order valence-corrected chi connectivity index (χ0v) is 15.2. The first-order valence-electron chi connectivity index (χ1n) is 8.36. The van der Waals surface area contributed by atoms with Crippen LogP contribution in [0.5, 0.6) is 0 Å². The van der Waals surface area contributed by atoms with E-state index in [0.29, 0.717) is 37.0 Å². The Labute approximate surface area is 148 Å². The molecule has 0 bridgehead atoms. The van der Waals surface area contributed by atoms with Gasteiger partial charge in [-0.15, -0.1) is 10.2 Å². The number of benzene rings is 1. The molecule has 25 heavy (non-hydrogen) atoms. The zero-order valence-electron chi connectivity index (χ0n) is 15.2. The van der Waals surface area contributed by atoms with Gasteiger partial charge in [0.05, 0.1) is 0 Å². The van der Waals surface area contributed by atoms with Crippen LogP contribution in [0.2, 0.25) is 0 Å². The normalized spacial score (nSPS) is 11.4. The minimum atomic E-state index is -0.176. The topological polar surface area (TPSA) is 91.5 Å². The maximum atomic E-state index is 12.5. The number of carbonyl (C=O) groups is 1. The third kappa shape index (κ3) is 5.86. The van der Waals surface area contributed by atoms with E-state index in [4.69, 9.17) is 9.52 Å². The van der Waals surface area contributed by atoms with Crippen molar-refractivity contribution in [3.63, 3.8) is 0 Å². The Balaban J connectivity index is 2.04. The van der Waals surface area contributed by atoms with Crippen molar-refractivity contribution in [3.05, 3.63) is 30.2 Å². The van der Waals surface area contributed by atoms with E-state index in [-0.39, 0.29) is 18.1 Å². The predicted molar refractivity (Wildman–Crippen MR) is 96.2 cm³/mol. The number of aliphatic hydroxyl groups excluding tert-OH is 1. The van der Waals surface area contributed by atoms with Crippen LogP contribution < -0.4 is 5.32 Å². The monoisotopic (exact) mass is 346 g/mol. The summed E-state index contributed by atoms with van der Waals surface area (Å²) in [4.78, 5) is 14.3. The fourth-order valence-electron chi connectivity index (χ4n) is 2.40. The minimum Gasteiger partial charge on any atom is -0.421 e. The Hall–Kier alpha value is -2.41. The van der Waals surface area contributed by atoms with Crippen LogP contribution in [0, 0.1) is 12.3 Å². The van der Waals surface area contributed by atoms with E-state index < -0.39 is 0 Å². The molecule has 0 fully saturated rings. The van der Waals surface area contributed by atoms with Crippen LogP contribution in [0.25, 0.3) is 11.5 Å². The van der Waals surface area contributed by atoms with E-state index in [9.17, 15) is 4.79 Å². The molecule has 1 aromatic carbocycles. The van der Waals surface area contributed by atoms with Crippen molar-refractivity contribution in [3.8, 4) is 11.5 Å². The molecule has 2 rings (SSSR count). The molecule has 0 radical (unpaired) electrons. The number of urea groups is 1. The second kappa shape index (κ2) is 8.11. The minimum absolute atomic E-state index is 0.0214. The Bertz CT molecular complexity index is 689. The molecule has 136 valence electrons. The van der Waals surface area contributed by atoms with E-state index >= 15 is 0 Å². The summed E-state index contributed by atoms with van der Waals surface area (Å²) in [6, 6.07) is 7.07. The molecule has 2 N–H and O–H groups in total. The Morgan fingerprint density at radius 3 is 2.44 bits per heavy atom. The summed E-state index contributed by atoms with van der Waals surface area (Å²) in [5.41, 5.74) is 1.46. The van der Waals surface area contributed by atoms with E-state index in [1.54, 1.807) is 24.0 Å². The van der Waals surface area contributed by atoms with Gasteiger partial charge in [0.15, 0.2) is 0 Å². The van der Waals surface area contributed by atoms with Crippen molar-refractivity contribution in [2.75, 3.05) is 25.0 Å². The van der Waals surface area contributed by atoms with Crippen molar-refractivity contribution in [2.24, 2.45) is 5.41 Å². The van der Waals surface area contributed by atoms with Crippen LogP contribution >= 0.6 is 0 Å². The number of aromatic nitrogens is 2. The first-order valence-corrected chi connectivity index (χ1v) is 8.36. The summed E-state index contributed by atoms with van der Waals surface area (Å²) in [5.74, 6) is 0.960. The Morgan fingerprint density at radius 1 is 1.24 bits per heavy atom. The average Bonchev–Trinajstić information content (AvgIpc) is 2.97. The van der Waals surface area contributed by atoms with E-state index in [0.717, 1.165) is 5.56 Å². The number of nitrogens with zero attached hydrogens (tertiary/aromatic N) is 3. The molecule has 0 aliphatic rings. The molecule has 0 saturated carbocycles. The van der Waals surface area contributed by atoms with Gasteiger partial charge in [-0.25, -0.2) is 4.79 Å². The van der Waals surface area contributed by atoms with Gasteiger partial charge in [-0.1, -0.05) is 20.8 Å². The predicted octanol–water partition coefficient (Wildman–Crippen LogP) is 3.31. The standard InChI is InChI=1S/C18H26N4O3/c1-13-20-21-16(25-13)14-6-8-15(9-7-14)19-17(24)22(10-5-11-23)12-18(2,3)4/h6-9,23H,5,10-12H2,1-4H3,(H,19,24). The van der Waals surface area contributed by atoms with Crippen LogP contribution in [0.15, 0.2) is 28.7 Å². The third-order valence-electron chi connectivity index (χ3n) is 3.45. The number of rotatable bonds is 6. The Morgan fingerprint density at radius 2 is 1.92 bits per heavy atom. The van der Waals surface area contributed by atoms with Gasteiger partial charge >= 0.3 is 6.03 Å². The molecule has 7 nitrogen and oxygen atoms in total. The highest BCUT2D eigenvalue weighted by atomic mass is 16.4. The summed E-state index contributed by atoms with van der Waals surface area (Å²) in [5, 5.41) is 19.7. The zero-order chi connectivity index (χ0) is 18.4. The molecular formula is C18H26N4O3. The van der Waals surface area contributed by atoms with Gasteiger partial charge in [-0.2, -0.15) is 0 Å². The van der Waals surface area contributed by atoms with Gasteiger partial charge in [-0.3, -0.25) is 0 Å². The first kappa shape index (κ1) is 18.9. The van der Waals surface area contributed by atoms with Crippen molar-refractivity contribution < 1.29 is 14.3 Å². The lowest BCUT2D eigenvalue weighted by atomic mass is 9.96. The lowest BCUT2D eigenvalue weighted by Crippen LogP contribution is -2.41. The van der Waals surface area contributed by atoms with Crippen molar-refractivity contribution in [1.82, 2.24) is 15.1 Å². The molecule has 7 heteroatoms. The summed E-state index contributed by atoms with van der Waals surface area (Å²) in [6.07, 6.45) is 0.555. The molecule has 0 aliphatic heterocycles. The largest absolute Gasteiger partial charge is 0.421 e. The molecule has 1 heterocycles. The number of hydrogen-bond acceptors (Lipinski definition) is 5. The molecule has 1 aromatic heterocycles. The number of hydrogen-bond donors (Lipinski definition) is 2. The number of anilines is 1. The first-order chi connectivity index (χ1) is 11.8. The lowest BCUT2D eigenvalue weighted by Gasteiger charge is -2.30. The summed E-state index contributed by atoms with van der Waals surface area (Å²) in [6.45, 7) is 9.15. The number of amides is 2. The van der Waals surface area contributed by atoms with Crippen molar-refractivity contribution in [1.29, 1.82) is 0 Å². The summed E-state index contributed by atoms with van der Waals surface area (Å²) in [7, 11) is 0. The quantitative estimate of drug-likeness (QED) is 0.837. The molecule has 0 unspecified atom stereocenters. The highest BCUT2D eigenvalue weighted by Gasteiger charge is 2.20. The second-order valence-electron chi connectivity index (χ2n) is 7.19. The molecular weight excluding hydrogens is 320 g/mol. The van der Waals surface area contributed by atoms with Gasteiger partial charge in [0, 0.05) is 37.9 Å². The number of aliphatic hydroxyl groups is 1. The maximum absolute atomic E-state index is 12.5. The third-order valence-corrected chi connectivity index (χ3v) is 3.45. The van der Waals surface area contributed by atoms with E-state index in [1.807, 2.05) is 12.1 Å². The highest BCUT2D eigenvalue weighted by molar-refractivity contribution is 5.89. The number of aryl methyl sites for hydroxylation is 1. The van der Waals surface area contributed by atoms with Gasteiger partial charge in [0.1, 0.15) is 0 Å². The summed E-state index contributed by atoms with van der Waals surface area (Å²) >= 11 is 0. The van der Waals surface area contributed by atoms with Crippen LogP contribution in [0.1, 0.15) is 33.1 Å². The van der Waals surface area contributed by atoms with Crippen molar-refractivity contribution >= 4 is 11.7 Å². The van der Waals surface area contributed by atoms with Crippen LogP contribution in [-0.4, -0.2) is 45.9 Å². The van der Waals surface area contributed by atoms with Crippen LogP contribution in [0.3, 0.4) is 0 Å². The van der Waals surface area contributed by atoms with Gasteiger partial charge in [0.2, 0.25) is 11.8 Å². The molecule has 0 spiro atoms. The molecule has 2 amide bonds. The molecule has 2 aromatic rings. The summed E-state index contributed by atoms with van der Waals surface area (Å²) < 4.78 is 5.39. The van der Waals surface area contributed by atoms with E-state index in [1.165, 1.54) is 0 Å². The van der Waals surface area contributed by atoms with Crippen molar-refractivity contribution in [2.45, 2.75) is 34.1 Å². The smallest absolute Gasteiger partial charge is 0.321 e. The van der Waals surface area contributed by atoms with E-state index in [2.05, 4.69) is 36.3 Å². The molecule has 0 atom stereocenters. The second-order valence-corrected chi connectivity index (χ2v) is 7.19. The number of carbonyl (C=O) groups excluding carboxylic acids is 1.